The third kappa shape index (κ3) is 5.09. The summed E-state index contributed by atoms with van der Waals surface area (Å²) in [6.07, 6.45) is 3.70. The Balaban J connectivity index is 0.00000225. The lowest BCUT2D eigenvalue weighted by atomic mass is 10.2. The maximum absolute atomic E-state index is 5.30. The summed E-state index contributed by atoms with van der Waals surface area (Å²) in [6, 6.07) is 13.9. The van der Waals surface area contributed by atoms with Gasteiger partial charge in [0.1, 0.15) is 5.76 Å². The highest BCUT2D eigenvalue weighted by Gasteiger charge is 2.07. The first-order chi connectivity index (χ1) is 11.8. The predicted octanol–water partition coefficient (Wildman–Crippen LogP) is 3.26. The molecule has 0 aliphatic carbocycles. The van der Waals surface area contributed by atoms with Crippen LogP contribution >= 0.6 is 24.0 Å². The summed E-state index contributed by atoms with van der Waals surface area (Å²) >= 11 is 0. The fourth-order valence-corrected chi connectivity index (χ4v) is 2.37. The van der Waals surface area contributed by atoms with Gasteiger partial charge in [-0.15, -0.1) is 24.0 Å². The van der Waals surface area contributed by atoms with Gasteiger partial charge in [0.05, 0.1) is 24.2 Å². The second-order valence-electron chi connectivity index (χ2n) is 5.38. The van der Waals surface area contributed by atoms with Crippen LogP contribution in [0, 0.1) is 6.92 Å². The molecule has 2 aromatic heterocycles. The zero-order valence-electron chi connectivity index (χ0n) is 14.3. The Labute approximate surface area is 164 Å². The Kier molecular flexibility index (Phi) is 7.05. The SMILES string of the molecule is CN=C(NCc1ccco1)NCc1cn(-c2ccccc2)nc1C.I. The van der Waals surface area contributed by atoms with Crippen LogP contribution in [0.2, 0.25) is 0 Å². The number of halogens is 1. The Morgan fingerprint density at radius 1 is 1.12 bits per heavy atom. The number of furan rings is 1. The van der Waals surface area contributed by atoms with Crippen LogP contribution in [0.1, 0.15) is 17.0 Å². The molecule has 1 aromatic carbocycles. The maximum atomic E-state index is 5.30. The van der Waals surface area contributed by atoms with Crippen LogP contribution in [0.15, 0.2) is 64.3 Å². The molecule has 0 saturated heterocycles. The van der Waals surface area contributed by atoms with Crippen molar-refractivity contribution in [2.24, 2.45) is 4.99 Å². The van der Waals surface area contributed by atoms with Gasteiger partial charge in [-0.3, -0.25) is 4.99 Å². The van der Waals surface area contributed by atoms with Gasteiger partial charge in [0.2, 0.25) is 0 Å². The molecule has 6 nitrogen and oxygen atoms in total. The Morgan fingerprint density at radius 2 is 1.88 bits per heavy atom. The van der Waals surface area contributed by atoms with E-state index >= 15 is 0 Å². The van der Waals surface area contributed by atoms with Crippen LogP contribution < -0.4 is 10.6 Å². The summed E-state index contributed by atoms with van der Waals surface area (Å²) in [5.41, 5.74) is 3.17. The maximum Gasteiger partial charge on any atom is 0.191 e. The van der Waals surface area contributed by atoms with Gasteiger partial charge >= 0.3 is 0 Å². The molecular formula is C18H22IN5O. The normalized spacial score (nSPS) is 11.0. The fraction of sp³-hybridized carbons (Fsp3) is 0.222. The third-order valence-corrected chi connectivity index (χ3v) is 3.70. The minimum absolute atomic E-state index is 0. The number of aliphatic imine (C=N–C) groups is 1. The van der Waals surface area contributed by atoms with E-state index in [1.54, 1.807) is 13.3 Å². The lowest BCUT2D eigenvalue weighted by Gasteiger charge is -2.10. The Morgan fingerprint density at radius 3 is 2.56 bits per heavy atom. The van der Waals surface area contributed by atoms with Crippen molar-refractivity contribution in [3.05, 3.63) is 71.9 Å². The molecule has 3 rings (SSSR count). The van der Waals surface area contributed by atoms with Gasteiger partial charge in [-0.05, 0) is 31.2 Å². The van der Waals surface area contributed by atoms with E-state index in [9.17, 15) is 0 Å². The quantitative estimate of drug-likeness (QED) is 0.355. The number of aromatic nitrogens is 2. The number of guanidine groups is 1. The van der Waals surface area contributed by atoms with Crippen molar-refractivity contribution < 1.29 is 4.42 Å². The molecule has 3 aromatic rings. The number of hydrogen-bond acceptors (Lipinski definition) is 3. The van der Waals surface area contributed by atoms with E-state index in [1.165, 1.54) is 0 Å². The fourth-order valence-electron chi connectivity index (χ4n) is 2.37. The van der Waals surface area contributed by atoms with Gasteiger partial charge in [0, 0.05) is 25.4 Å². The van der Waals surface area contributed by atoms with Crippen LogP contribution in [0.5, 0.6) is 0 Å². The van der Waals surface area contributed by atoms with E-state index in [0.29, 0.717) is 13.1 Å². The molecule has 0 atom stereocenters. The van der Waals surface area contributed by atoms with E-state index in [2.05, 4.69) is 20.7 Å². The minimum atomic E-state index is 0. The summed E-state index contributed by atoms with van der Waals surface area (Å²) in [4.78, 5) is 4.22. The summed E-state index contributed by atoms with van der Waals surface area (Å²) in [7, 11) is 1.75. The van der Waals surface area contributed by atoms with E-state index in [0.717, 1.165) is 28.7 Å². The lowest BCUT2D eigenvalue weighted by molar-refractivity contribution is 0.501. The van der Waals surface area contributed by atoms with Gasteiger partial charge < -0.3 is 15.1 Å². The van der Waals surface area contributed by atoms with Crippen molar-refractivity contribution in [3.63, 3.8) is 0 Å². The second kappa shape index (κ2) is 9.26. The molecular weight excluding hydrogens is 429 g/mol. The van der Waals surface area contributed by atoms with Crippen LogP contribution in [-0.4, -0.2) is 22.8 Å². The standard InChI is InChI=1S/C18H21N5O.HI/c1-14-15(13-23(22-14)16-7-4-3-5-8-16)11-20-18(19-2)21-12-17-9-6-10-24-17;/h3-10,13H,11-12H2,1-2H3,(H2,19,20,21);1H. The smallest absolute Gasteiger partial charge is 0.191 e. The molecule has 25 heavy (non-hydrogen) atoms. The molecule has 7 heteroatoms. The lowest BCUT2D eigenvalue weighted by Crippen LogP contribution is -2.36. The Hall–Kier alpha value is -2.29. The average molecular weight is 451 g/mol. The average Bonchev–Trinajstić information content (AvgIpc) is 3.26. The molecule has 0 unspecified atom stereocenters. The van der Waals surface area contributed by atoms with Crippen molar-refractivity contribution in [1.29, 1.82) is 0 Å². The number of aryl methyl sites for hydroxylation is 1. The summed E-state index contributed by atoms with van der Waals surface area (Å²) in [6.45, 7) is 3.25. The molecule has 2 N–H and O–H groups in total. The van der Waals surface area contributed by atoms with Crippen molar-refractivity contribution in [2.45, 2.75) is 20.0 Å². The monoisotopic (exact) mass is 451 g/mol. The van der Waals surface area contributed by atoms with Crippen molar-refractivity contribution in [1.82, 2.24) is 20.4 Å². The number of nitrogens with zero attached hydrogens (tertiary/aromatic N) is 3. The van der Waals surface area contributed by atoms with Crippen molar-refractivity contribution >= 4 is 29.9 Å². The highest BCUT2D eigenvalue weighted by Crippen LogP contribution is 2.11. The number of hydrogen-bond donors (Lipinski definition) is 2. The van der Waals surface area contributed by atoms with Crippen LogP contribution in [-0.2, 0) is 13.1 Å². The first-order valence-corrected chi connectivity index (χ1v) is 7.83. The largest absolute Gasteiger partial charge is 0.467 e. The first-order valence-electron chi connectivity index (χ1n) is 7.83. The van der Waals surface area contributed by atoms with Gasteiger partial charge in [0.25, 0.3) is 0 Å². The zero-order valence-corrected chi connectivity index (χ0v) is 16.6. The minimum Gasteiger partial charge on any atom is -0.467 e. The summed E-state index contributed by atoms with van der Waals surface area (Å²) in [5.74, 6) is 1.59. The molecule has 0 radical (unpaired) electrons. The van der Waals surface area contributed by atoms with Gasteiger partial charge in [-0.2, -0.15) is 5.10 Å². The van der Waals surface area contributed by atoms with E-state index < -0.39 is 0 Å². The highest BCUT2D eigenvalue weighted by molar-refractivity contribution is 14.0. The molecule has 0 amide bonds. The molecule has 0 aliphatic rings. The topological polar surface area (TPSA) is 67.4 Å². The zero-order chi connectivity index (χ0) is 16.8. The summed E-state index contributed by atoms with van der Waals surface area (Å²) < 4.78 is 7.20. The van der Waals surface area contributed by atoms with Gasteiger partial charge in [-0.1, -0.05) is 18.2 Å². The number of benzene rings is 1. The summed E-state index contributed by atoms with van der Waals surface area (Å²) in [5, 5.41) is 11.1. The van der Waals surface area contributed by atoms with E-state index in [-0.39, 0.29) is 24.0 Å². The highest BCUT2D eigenvalue weighted by atomic mass is 127. The van der Waals surface area contributed by atoms with E-state index in [1.807, 2.05) is 60.3 Å². The van der Waals surface area contributed by atoms with Crippen molar-refractivity contribution in [2.75, 3.05) is 7.05 Å². The molecule has 0 fully saturated rings. The van der Waals surface area contributed by atoms with Crippen molar-refractivity contribution in [3.8, 4) is 5.69 Å². The molecule has 0 bridgehead atoms. The van der Waals surface area contributed by atoms with Gasteiger partial charge in [0.15, 0.2) is 5.96 Å². The second-order valence-corrected chi connectivity index (χ2v) is 5.38. The molecule has 2 heterocycles. The van der Waals surface area contributed by atoms with Gasteiger partial charge in [-0.25, -0.2) is 4.68 Å². The molecule has 0 saturated carbocycles. The number of nitrogens with one attached hydrogen (secondary N) is 2. The number of para-hydroxylation sites is 1. The van der Waals surface area contributed by atoms with E-state index in [4.69, 9.17) is 4.42 Å². The van der Waals surface area contributed by atoms with Crippen LogP contribution in [0.4, 0.5) is 0 Å². The third-order valence-electron chi connectivity index (χ3n) is 3.70. The molecule has 132 valence electrons. The predicted molar refractivity (Wildman–Crippen MR) is 109 cm³/mol. The van der Waals surface area contributed by atoms with Crippen LogP contribution in [0.25, 0.3) is 5.69 Å². The number of rotatable bonds is 5. The Bertz CT molecular complexity index is 796. The molecule has 0 aliphatic heterocycles. The molecule has 0 spiro atoms. The van der Waals surface area contributed by atoms with Crippen LogP contribution in [0.3, 0.4) is 0 Å². The first kappa shape index (κ1) is 19.0.